The van der Waals surface area contributed by atoms with Crippen molar-refractivity contribution in [1.29, 1.82) is 0 Å². The van der Waals surface area contributed by atoms with Crippen molar-refractivity contribution in [1.82, 2.24) is 9.88 Å². The van der Waals surface area contributed by atoms with Crippen LogP contribution in [0.1, 0.15) is 46.7 Å². The van der Waals surface area contributed by atoms with Crippen LogP contribution in [0.5, 0.6) is 0 Å². The molecule has 1 amide bonds. The summed E-state index contributed by atoms with van der Waals surface area (Å²) in [4.78, 5) is 12.5. The molecule has 23 heavy (non-hydrogen) atoms. The Balaban J connectivity index is 2.49. The monoisotopic (exact) mass is 320 g/mol. The number of nitrogens with zero attached hydrogens (tertiary/aromatic N) is 1. The van der Waals surface area contributed by atoms with Crippen molar-refractivity contribution >= 4 is 5.91 Å². The molecule has 0 bridgehead atoms. The number of amides is 1. The highest BCUT2D eigenvalue weighted by Gasteiger charge is 2.21. The predicted octanol–water partition coefficient (Wildman–Crippen LogP) is 3.88. The lowest BCUT2D eigenvalue weighted by Gasteiger charge is -2.15. The van der Waals surface area contributed by atoms with Crippen molar-refractivity contribution in [3.63, 3.8) is 0 Å². The summed E-state index contributed by atoms with van der Waals surface area (Å²) in [5, 5.41) is 2.88. The quantitative estimate of drug-likeness (QED) is 0.911. The summed E-state index contributed by atoms with van der Waals surface area (Å²) in [7, 11) is 0. The molecule has 1 aromatic carbocycles. The van der Waals surface area contributed by atoms with Gasteiger partial charge in [0.2, 0.25) is 0 Å². The average Bonchev–Trinajstić information content (AvgIpc) is 2.65. The topological polar surface area (TPSA) is 34.0 Å². The van der Waals surface area contributed by atoms with Crippen LogP contribution < -0.4 is 5.32 Å². The summed E-state index contributed by atoms with van der Waals surface area (Å²) in [5.74, 6) is -1.40. The first-order chi connectivity index (χ1) is 10.7. The van der Waals surface area contributed by atoms with E-state index >= 15 is 0 Å². The Morgan fingerprint density at radius 1 is 1.17 bits per heavy atom. The molecular weight excluding hydrogens is 298 g/mol. The van der Waals surface area contributed by atoms with Gasteiger partial charge < -0.3 is 9.88 Å². The van der Waals surface area contributed by atoms with Crippen molar-refractivity contribution < 1.29 is 13.6 Å². The summed E-state index contributed by atoms with van der Waals surface area (Å²) in [6.45, 7) is 9.69. The van der Waals surface area contributed by atoms with E-state index in [0.717, 1.165) is 22.9 Å². The zero-order chi connectivity index (χ0) is 17.3. The van der Waals surface area contributed by atoms with Gasteiger partial charge in [0.15, 0.2) is 0 Å². The van der Waals surface area contributed by atoms with Gasteiger partial charge >= 0.3 is 0 Å². The van der Waals surface area contributed by atoms with E-state index in [9.17, 15) is 13.6 Å². The Morgan fingerprint density at radius 2 is 1.83 bits per heavy atom. The van der Waals surface area contributed by atoms with Gasteiger partial charge in [-0.1, -0.05) is 6.07 Å². The second-order valence-electron chi connectivity index (χ2n) is 6.13. The third-order valence-corrected chi connectivity index (χ3v) is 4.11. The molecule has 0 aliphatic heterocycles. The molecular formula is C18H22F2N2O. The molecule has 2 rings (SSSR count). The molecule has 0 radical (unpaired) electrons. The zero-order valence-corrected chi connectivity index (χ0v) is 14.1. The zero-order valence-electron chi connectivity index (χ0n) is 14.1. The number of benzene rings is 1. The van der Waals surface area contributed by atoms with Gasteiger partial charge in [-0.15, -0.1) is 0 Å². The van der Waals surface area contributed by atoms with Gasteiger partial charge in [0.25, 0.3) is 5.91 Å². The second-order valence-corrected chi connectivity index (χ2v) is 6.13. The van der Waals surface area contributed by atoms with Crippen molar-refractivity contribution in [2.24, 2.45) is 0 Å². The number of hydrogen-bond donors (Lipinski definition) is 1. The molecule has 0 saturated heterocycles. The fourth-order valence-corrected chi connectivity index (χ4v) is 2.66. The van der Waals surface area contributed by atoms with E-state index in [1.54, 1.807) is 4.57 Å². The molecule has 0 aliphatic rings. The normalized spacial score (nSPS) is 11.1. The number of nitrogens with one attached hydrogen (secondary N) is 1. The first-order valence-electron chi connectivity index (χ1n) is 7.63. The maximum Gasteiger partial charge on any atom is 0.268 e. The molecule has 124 valence electrons. The summed E-state index contributed by atoms with van der Waals surface area (Å²) >= 11 is 0. The smallest absolute Gasteiger partial charge is 0.268 e. The molecule has 0 fully saturated rings. The van der Waals surface area contributed by atoms with Gasteiger partial charge in [-0.25, -0.2) is 8.78 Å². The number of hydrogen-bond acceptors (Lipinski definition) is 1. The van der Waals surface area contributed by atoms with Crippen LogP contribution in [0.25, 0.3) is 0 Å². The minimum atomic E-state index is -0.611. The van der Waals surface area contributed by atoms with E-state index in [2.05, 4.69) is 5.32 Å². The van der Waals surface area contributed by atoms with Crippen LogP contribution in [-0.2, 0) is 6.54 Å². The summed E-state index contributed by atoms with van der Waals surface area (Å²) in [6.07, 6.45) is 0. The number of carbonyl (C=O) groups is 1. The molecule has 1 aromatic heterocycles. The first kappa shape index (κ1) is 17.2. The molecule has 2 aromatic rings. The SMILES string of the molecule is Cc1c(C)c(C(=O)NC(C)C)n(Cc2ccc(F)cc2F)c1C. The largest absolute Gasteiger partial charge is 0.349 e. The molecule has 0 saturated carbocycles. The van der Waals surface area contributed by atoms with Gasteiger partial charge in [0.1, 0.15) is 17.3 Å². The number of halogens is 2. The number of carbonyl (C=O) groups excluding carboxylic acids is 1. The lowest BCUT2D eigenvalue weighted by Crippen LogP contribution is -2.32. The van der Waals surface area contributed by atoms with E-state index in [0.29, 0.717) is 11.3 Å². The Morgan fingerprint density at radius 3 is 2.39 bits per heavy atom. The average molecular weight is 320 g/mol. The van der Waals surface area contributed by atoms with Gasteiger partial charge in [-0.2, -0.15) is 0 Å². The van der Waals surface area contributed by atoms with Crippen LogP contribution in [-0.4, -0.2) is 16.5 Å². The van der Waals surface area contributed by atoms with Crippen molar-refractivity contribution in [2.45, 2.75) is 47.2 Å². The highest BCUT2D eigenvalue weighted by atomic mass is 19.1. The number of rotatable bonds is 4. The van der Waals surface area contributed by atoms with E-state index in [-0.39, 0.29) is 18.5 Å². The van der Waals surface area contributed by atoms with Crippen LogP contribution in [0.3, 0.4) is 0 Å². The lowest BCUT2D eigenvalue weighted by atomic mass is 10.1. The van der Waals surface area contributed by atoms with Crippen molar-refractivity contribution in [3.05, 3.63) is 57.9 Å². The lowest BCUT2D eigenvalue weighted by molar-refractivity contribution is 0.0933. The molecule has 5 heteroatoms. The molecule has 3 nitrogen and oxygen atoms in total. The third-order valence-electron chi connectivity index (χ3n) is 4.11. The van der Waals surface area contributed by atoms with Crippen LogP contribution in [0, 0.1) is 32.4 Å². The predicted molar refractivity (Wildman–Crippen MR) is 86.7 cm³/mol. The fourth-order valence-electron chi connectivity index (χ4n) is 2.66. The molecule has 0 aliphatic carbocycles. The molecule has 0 spiro atoms. The van der Waals surface area contributed by atoms with E-state index in [1.165, 1.54) is 12.1 Å². The summed E-state index contributed by atoms with van der Waals surface area (Å²) in [6, 6.07) is 3.51. The van der Waals surface area contributed by atoms with Gasteiger partial charge in [-0.05, 0) is 51.8 Å². The van der Waals surface area contributed by atoms with Crippen LogP contribution in [0.2, 0.25) is 0 Å². The van der Waals surface area contributed by atoms with Crippen molar-refractivity contribution in [2.75, 3.05) is 0 Å². The Bertz CT molecular complexity index is 748. The molecule has 0 atom stereocenters. The summed E-state index contributed by atoms with van der Waals surface area (Å²) in [5.41, 5.74) is 3.66. The van der Waals surface area contributed by atoms with E-state index in [1.807, 2.05) is 34.6 Å². The second kappa shape index (κ2) is 6.52. The van der Waals surface area contributed by atoms with Crippen LogP contribution >= 0.6 is 0 Å². The third kappa shape index (κ3) is 3.44. The van der Waals surface area contributed by atoms with Crippen molar-refractivity contribution in [3.8, 4) is 0 Å². The Hall–Kier alpha value is -2.17. The van der Waals surface area contributed by atoms with Crippen LogP contribution in [0.4, 0.5) is 8.78 Å². The Labute approximate surface area is 135 Å². The minimum absolute atomic E-state index is 0.00780. The van der Waals surface area contributed by atoms with Gasteiger partial charge in [-0.3, -0.25) is 4.79 Å². The molecule has 1 N–H and O–H groups in total. The van der Waals surface area contributed by atoms with Crippen LogP contribution in [0.15, 0.2) is 18.2 Å². The van der Waals surface area contributed by atoms with Gasteiger partial charge in [0.05, 0.1) is 6.54 Å². The molecule has 1 heterocycles. The first-order valence-corrected chi connectivity index (χ1v) is 7.63. The standard InChI is InChI=1S/C18H22F2N2O/c1-10(2)21-18(23)17-12(4)11(3)13(5)22(17)9-14-6-7-15(19)8-16(14)20/h6-8,10H,9H2,1-5H3,(H,21,23). The summed E-state index contributed by atoms with van der Waals surface area (Å²) < 4.78 is 28.8. The Kier molecular flexibility index (Phi) is 4.88. The maximum absolute atomic E-state index is 14.0. The number of aromatic nitrogens is 1. The van der Waals surface area contributed by atoms with E-state index in [4.69, 9.17) is 0 Å². The van der Waals surface area contributed by atoms with E-state index < -0.39 is 11.6 Å². The highest BCUT2D eigenvalue weighted by molar-refractivity contribution is 5.95. The highest BCUT2D eigenvalue weighted by Crippen LogP contribution is 2.23. The molecule has 0 unspecified atom stereocenters. The maximum atomic E-state index is 14.0. The minimum Gasteiger partial charge on any atom is -0.349 e. The van der Waals surface area contributed by atoms with Gasteiger partial charge in [0, 0.05) is 23.4 Å². The fraction of sp³-hybridized carbons (Fsp3) is 0.389.